The Bertz CT molecular complexity index is 1150. The van der Waals surface area contributed by atoms with Crippen molar-refractivity contribution < 1.29 is 43.0 Å². The maximum atomic E-state index is 12.6. The standard InChI is InChI=1S/C44H73O9P/c1-3-5-7-9-11-13-15-17-19-21-22-24-26-28-30-32-34-36-44(47)53-43(41-52-54(48,49)51-39-42(46)38-45)40-50-37-35-33-31-29-27-25-23-20-18-16-14-12-10-8-6-4-2/h5-8,11-14,17-20,22,24,28,30,42-43,45-46H,3-4,9-10,15-16,21,23,25-27,29,31-41H2,1-2H3,(H,48,49)/b7-5-,8-6-,13-11-,14-12-,19-17-,20-18-,24-22-,30-28-. The molecule has 0 aromatic carbocycles. The number of phosphoric ester groups is 1. The van der Waals surface area contributed by atoms with Gasteiger partial charge in [-0.05, 0) is 83.5 Å². The van der Waals surface area contributed by atoms with E-state index in [1.165, 1.54) is 19.3 Å². The summed E-state index contributed by atoms with van der Waals surface area (Å²) in [6.07, 6.45) is 49.4. The molecule has 3 atom stereocenters. The van der Waals surface area contributed by atoms with Crippen LogP contribution in [0.3, 0.4) is 0 Å². The molecular formula is C44H73O9P. The third kappa shape index (κ3) is 39.1. The van der Waals surface area contributed by atoms with Crippen molar-refractivity contribution in [1.82, 2.24) is 0 Å². The molecule has 0 aromatic heterocycles. The maximum Gasteiger partial charge on any atom is 0.472 e. The molecule has 0 rings (SSSR count). The molecule has 0 aromatic rings. The van der Waals surface area contributed by atoms with E-state index in [9.17, 15) is 19.4 Å². The largest absolute Gasteiger partial charge is 0.472 e. The van der Waals surface area contributed by atoms with Crippen molar-refractivity contribution >= 4 is 13.8 Å². The molecule has 3 N–H and O–H groups in total. The fourth-order valence-electron chi connectivity index (χ4n) is 4.76. The minimum Gasteiger partial charge on any atom is -0.457 e. The smallest absolute Gasteiger partial charge is 0.457 e. The van der Waals surface area contributed by atoms with E-state index in [0.29, 0.717) is 13.0 Å². The lowest BCUT2D eigenvalue weighted by molar-refractivity contribution is -0.154. The lowest BCUT2D eigenvalue weighted by Gasteiger charge is -2.20. The summed E-state index contributed by atoms with van der Waals surface area (Å²) in [4.78, 5) is 22.5. The van der Waals surface area contributed by atoms with E-state index in [1.807, 2.05) is 6.08 Å². The number of esters is 1. The van der Waals surface area contributed by atoms with E-state index >= 15 is 0 Å². The van der Waals surface area contributed by atoms with Crippen molar-refractivity contribution in [2.24, 2.45) is 0 Å². The van der Waals surface area contributed by atoms with Crippen LogP contribution < -0.4 is 0 Å². The molecule has 0 amide bonds. The third-order valence-corrected chi connectivity index (χ3v) is 8.72. The number of hydrogen-bond donors (Lipinski definition) is 3. The van der Waals surface area contributed by atoms with Gasteiger partial charge in [0.2, 0.25) is 0 Å². The Kier molecular flexibility index (Phi) is 38.1. The van der Waals surface area contributed by atoms with Crippen molar-refractivity contribution in [1.29, 1.82) is 0 Å². The van der Waals surface area contributed by atoms with Crippen LogP contribution in [0.1, 0.15) is 129 Å². The van der Waals surface area contributed by atoms with Gasteiger partial charge in [-0.2, -0.15) is 0 Å². The second-order valence-corrected chi connectivity index (χ2v) is 14.3. The normalized spacial score (nSPS) is 15.1. The highest BCUT2D eigenvalue weighted by atomic mass is 31.2. The Morgan fingerprint density at radius 1 is 0.574 bits per heavy atom. The van der Waals surface area contributed by atoms with Gasteiger partial charge in [-0.25, -0.2) is 4.57 Å². The number of hydrogen-bond acceptors (Lipinski definition) is 8. The Morgan fingerprint density at radius 2 is 1.00 bits per heavy atom. The van der Waals surface area contributed by atoms with E-state index in [1.54, 1.807) is 0 Å². The van der Waals surface area contributed by atoms with Crippen LogP contribution in [0.25, 0.3) is 0 Å². The van der Waals surface area contributed by atoms with E-state index in [2.05, 4.69) is 105 Å². The molecule has 0 aliphatic rings. The summed E-state index contributed by atoms with van der Waals surface area (Å²) in [6, 6.07) is 0. The monoisotopic (exact) mass is 776 g/mol. The van der Waals surface area contributed by atoms with Crippen LogP contribution in [0.15, 0.2) is 97.2 Å². The lowest BCUT2D eigenvalue weighted by Crippen LogP contribution is -2.29. The predicted molar refractivity (Wildman–Crippen MR) is 223 cm³/mol. The molecular weight excluding hydrogens is 703 g/mol. The molecule has 9 nitrogen and oxygen atoms in total. The maximum absolute atomic E-state index is 12.6. The molecule has 0 fully saturated rings. The number of unbranched alkanes of at least 4 members (excludes halogenated alkanes) is 7. The average Bonchev–Trinajstić information content (AvgIpc) is 3.16. The zero-order valence-corrected chi connectivity index (χ0v) is 34.3. The van der Waals surface area contributed by atoms with Gasteiger partial charge in [0.05, 0.1) is 26.4 Å². The molecule has 0 heterocycles. The topological polar surface area (TPSA) is 132 Å². The highest BCUT2D eigenvalue weighted by Crippen LogP contribution is 2.43. The number of aliphatic hydroxyl groups is 2. The first-order valence-corrected chi connectivity index (χ1v) is 21.7. The van der Waals surface area contributed by atoms with E-state index in [-0.39, 0.29) is 13.0 Å². The van der Waals surface area contributed by atoms with Gasteiger partial charge in [0.25, 0.3) is 0 Å². The molecule has 0 saturated heterocycles. The first kappa shape index (κ1) is 51.4. The van der Waals surface area contributed by atoms with Crippen molar-refractivity contribution in [2.45, 2.75) is 142 Å². The predicted octanol–water partition coefficient (Wildman–Crippen LogP) is 10.9. The van der Waals surface area contributed by atoms with Gasteiger partial charge in [0.15, 0.2) is 0 Å². The Labute approximate surface area is 327 Å². The summed E-state index contributed by atoms with van der Waals surface area (Å²) in [6.45, 7) is 3.14. The molecule has 308 valence electrons. The average molecular weight is 777 g/mol. The van der Waals surface area contributed by atoms with E-state index in [4.69, 9.17) is 23.6 Å². The number of ether oxygens (including phenoxy) is 2. The summed E-state index contributed by atoms with van der Waals surface area (Å²) in [5, 5.41) is 18.3. The number of carbonyl (C=O) groups excluding carboxylic acids is 1. The Morgan fingerprint density at radius 3 is 1.50 bits per heavy atom. The quantitative estimate of drug-likeness (QED) is 0.0244. The summed E-state index contributed by atoms with van der Waals surface area (Å²) in [5.41, 5.74) is 0. The Balaban J connectivity index is 4.36. The van der Waals surface area contributed by atoms with Gasteiger partial charge in [-0.3, -0.25) is 13.8 Å². The van der Waals surface area contributed by atoms with Gasteiger partial charge >= 0.3 is 13.8 Å². The van der Waals surface area contributed by atoms with Crippen LogP contribution in [-0.2, 0) is 27.9 Å². The molecule has 3 unspecified atom stereocenters. The zero-order chi connectivity index (χ0) is 39.6. The molecule has 0 saturated carbocycles. The van der Waals surface area contributed by atoms with Crippen LogP contribution in [0.5, 0.6) is 0 Å². The molecule has 0 aliphatic carbocycles. The molecule has 0 spiro atoms. The molecule has 0 radical (unpaired) electrons. The number of aliphatic hydroxyl groups excluding tert-OH is 2. The van der Waals surface area contributed by atoms with Gasteiger partial charge in [-0.1, -0.05) is 137 Å². The number of rotatable bonds is 37. The highest BCUT2D eigenvalue weighted by molar-refractivity contribution is 7.47. The van der Waals surface area contributed by atoms with Crippen LogP contribution in [0.2, 0.25) is 0 Å². The second kappa shape index (κ2) is 40.1. The number of allylic oxidation sites excluding steroid dienone is 16. The zero-order valence-electron chi connectivity index (χ0n) is 33.4. The van der Waals surface area contributed by atoms with Gasteiger partial charge < -0.3 is 24.6 Å². The van der Waals surface area contributed by atoms with Crippen molar-refractivity contribution in [3.8, 4) is 0 Å². The van der Waals surface area contributed by atoms with Crippen LogP contribution >= 0.6 is 7.82 Å². The molecule has 0 aliphatic heterocycles. The highest BCUT2D eigenvalue weighted by Gasteiger charge is 2.26. The summed E-state index contributed by atoms with van der Waals surface area (Å²) in [5.74, 6) is -0.449. The summed E-state index contributed by atoms with van der Waals surface area (Å²) >= 11 is 0. The van der Waals surface area contributed by atoms with Crippen LogP contribution in [0.4, 0.5) is 0 Å². The third-order valence-electron chi connectivity index (χ3n) is 7.77. The summed E-state index contributed by atoms with van der Waals surface area (Å²) in [7, 11) is -4.54. The Hall–Kier alpha value is -2.62. The van der Waals surface area contributed by atoms with E-state index < -0.39 is 45.8 Å². The minimum absolute atomic E-state index is 0.0107. The number of carbonyl (C=O) groups is 1. The van der Waals surface area contributed by atoms with Crippen LogP contribution in [0, 0.1) is 0 Å². The van der Waals surface area contributed by atoms with Crippen molar-refractivity contribution in [3.63, 3.8) is 0 Å². The fourth-order valence-corrected chi connectivity index (χ4v) is 5.55. The minimum atomic E-state index is -4.54. The molecule has 10 heteroatoms. The van der Waals surface area contributed by atoms with Crippen molar-refractivity contribution in [3.05, 3.63) is 97.2 Å². The lowest BCUT2D eigenvalue weighted by atomic mass is 10.1. The first-order valence-electron chi connectivity index (χ1n) is 20.2. The van der Waals surface area contributed by atoms with Gasteiger partial charge in [-0.15, -0.1) is 0 Å². The first-order chi connectivity index (χ1) is 26.3. The van der Waals surface area contributed by atoms with Gasteiger partial charge in [0, 0.05) is 13.0 Å². The number of phosphoric acid groups is 1. The fraction of sp³-hybridized carbons (Fsp3) is 0.614. The summed E-state index contributed by atoms with van der Waals surface area (Å²) < 4.78 is 33.2. The van der Waals surface area contributed by atoms with Gasteiger partial charge in [0.1, 0.15) is 12.2 Å². The van der Waals surface area contributed by atoms with E-state index in [0.717, 1.165) is 83.5 Å². The second-order valence-electron chi connectivity index (χ2n) is 12.9. The molecule has 54 heavy (non-hydrogen) atoms. The SMILES string of the molecule is CC/C=C\C/C=C\C/C=C\C/C=C\C/C=C\CCCC(=O)OC(COCCCCCCCC/C=C\C/C=C\C/C=C\CC)COP(=O)(O)OCC(O)CO. The van der Waals surface area contributed by atoms with Crippen LogP contribution in [-0.4, -0.2) is 66.3 Å². The van der Waals surface area contributed by atoms with Crippen molar-refractivity contribution in [2.75, 3.05) is 33.0 Å². The molecule has 0 bridgehead atoms.